The Morgan fingerprint density at radius 2 is 2.17 bits per heavy atom. The molecule has 0 saturated carbocycles. The van der Waals surface area contributed by atoms with Gasteiger partial charge in [-0.3, -0.25) is 9.78 Å². The summed E-state index contributed by atoms with van der Waals surface area (Å²) >= 11 is 4.84. The minimum Gasteiger partial charge on any atom is -0.323 e. The van der Waals surface area contributed by atoms with E-state index in [1.807, 2.05) is 29.6 Å². The summed E-state index contributed by atoms with van der Waals surface area (Å²) in [6.07, 6.45) is 3.11. The average Bonchev–Trinajstić information content (AvgIpc) is 3.35. The van der Waals surface area contributed by atoms with Crippen molar-refractivity contribution >= 4 is 50.0 Å². The van der Waals surface area contributed by atoms with Crippen molar-refractivity contribution in [2.75, 3.05) is 17.7 Å². The van der Waals surface area contributed by atoms with Gasteiger partial charge in [-0.1, -0.05) is 6.07 Å². The number of pyridine rings is 1. The number of hydrogen-bond donors (Lipinski definition) is 2. The fourth-order valence-corrected chi connectivity index (χ4v) is 4.94. The number of carbonyl (C=O) groups is 2. The van der Waals surface area contributed by atoms with Crippen LogP contribution in [0.4, 0.5) is 15.6 Å². The van der Waals surface area contributed by atoms with Crippen LogP contribution >= 0.6 is 27.3 Å². The SMILES string of the molecule is CN1Cc2cc(-c3csc(NC(=O)C4Cc5cc(Br)cnc5C4)n3)ccc2NC1=O. The highest BCUT2D eigenvalue weighted by molar-refractivity contribution is 9.10. The van der Waals surface area contributed by atoms with Crippen LogP contribution in [-0.4, -0.2) is 33.9 Å². The van der Waals surface area contributed by atoms with Gasteiger partial charge in [0.2, 0.25) is 5.91 Å². The third-order valence-electron chi connectivity index (χ3n) is 5.43. The van der Waals surface area contributed by atoms with E-state index < -0.39 is 0 Å². The molecule has 0 spiro atoms. The smallest absolute Gasteiger partial charge is 0.321 e. The van der Waals surface area contributed by atoms with Gasteiger partial charge < -0.3 is 15.5 Å². The van der Waals surface area contributed by atoms with Crippen molar-refractivity contribution in [1.29, 1.82) is 0 Å². The van der Waals surface area contributed by atoms with Crippen LogP contribution in [0, 0.1) is 5.92 Å². The van der Waals surface area contributed by atoms with Crippen LogP contribution in [0.1, 0.15) is 16.8 Å². The van der Waals surface area contributed by atoms with Crippen LogP contribution in [0.2, 0.25) is 0 Å². The normalized spacial score (nSPS) is 17.3. The number of aromatic nitrogens is 2. The average molecular weight is 484 g/mol. The number of anilines is 2. The molecule has 3 amide bonds. The largest absolute Gasteiger partial charge is 0.323 e. The number of halogens is 1. The van der Waals surface area contributed by atoms with Gasteiger partial charge in [0, 0.05) is 58.9 Å². The first-order valence-corrected chi connectivity index (χ1v) is 11.2. The molecule has 0 saturated heterocycles. The number of rotatable bonds is 3. The highest BCUT2D eigenvalue weighted by atomic mass is 79.9. The van der Waals surface area contributed by atoms with Gasteiger partial charge in [0.05, 0.1) is 5.69 Å². The summed E-state index contributed by atoms with van der Waals surface area (Å²) in [7, 11) is 1.76. The van der Waals surface area contributed by atoms with Crippen LogP contribution in [0.15, 0.2) is 40.3 Å². The summed E-state index contributed by atoms with van der Waals surface area (Å²) in [5, 5.41) is 8.35. The molecule has 1 aromatic carbocycles. The molecule has 2 aliphatic rings. The van der Waals surface area contributed by atoms with E-state index in [1.165, 1.54) is 11.3 Å². The third-order valence-corrected chi connectivity index (χ3v) is 6.63. The zero-order chi connectivity index (χ0) is 20.8. The van der Waals surface area contributed by atoms with E-state index in [0.29, 0.717) is 24.5 Å². The highest BCUT2D eigenvalue weighted by Crippen LogP contribution is 2.32. The Bertz CT molecular complexity index is 1180. The molecule has 1 unspecified atom stereocenters. The Morgan fingerprint density at radius 1 is 1.30 bits per heavy atom. The third kappa shape index (κ3) is 3.59. The van der Waals surface area contributed by atoms with E-state index in [-0.39, 0.29) is 17.9 Å². The summed E-state index contributed by atoms with van der Waals surface area (Å²) in [6.45, 7) is 0.551. The highest BCUT2D eigenvalue weighted by Gasteiger charge is 2.29. The number of amides is 3. The zero-order valence-corrected chi connectivity index (χ0v) is 18.5. The number of carbonyl (C=O) groups excluding carboxylic acids is 2. The molecule has 0 bridgehead atoms. The summed E-state index contributed by atoms with van der Waals surface area (Å²) in [6, 6.07) is 7.79. The minimum absolute atomic E-state index is 0.0280. The van der Waals surface area contributed by atoms with E-state index in [2.05, 4.69) is 36.5 Å². The molecule has 0 fully saturated rings. The van der Waals surface area contributed by atoms with Crippen molar-refractivity contribution in [3.8, 4) is 11.3 Å². The number of urea groups is 1. The van der Waals surface area contributed by atoms with E-state index in [1.54, 1.807) is 18.1 Å². The first kappa shape index (κ1) is 19.2. The van der Waals surface area contributed by atoms with Crippen molar-refractivity contribution in [1.82, 2.24) is 14.9 Å². The summed E-state index contributed by atoms with van der Waals surface area (Å²) in [5.41, 5.74) is 5.73. The second-order valence-corrected chi connectivity index (χ2v) is 9.32. The molecule has 2 N–H and O–H groups in total. The lowest BCUT2D eigenvalue weighted by atomic mass is 10.0. The Kier molecular flexibility index (Phi) is 4.79. The predicted molar refractivity (Wildman–Crippen MR) is 120 cm³/mol. The standard InChI is InChI=1S/C21H18BrN5O2S/c1-27-9-14-4-11(2-3-16(14)25-21(27)29)18-10-30-20(24-18)26-19(28)13-5-12-6-15(22)8-23-17(12)7-13/h2-4,6,8,10,13H,5,7,9H2,1H3,(H,25,29)(H,24,26,28). The van der Waals surface area contributed by atoms with Crippen molar-refractivity contribution in [3.05, 3.63) is 57.1 Å². The number of thiazole rings is 1. The van der Waals surface area contributed by atoms with E-state index >= 15 is 0 Å². The summed E-state index contributed by atoms with van der Waals surface area (Å²) in [5.74, 6) is -0.156. The Balaban J connectivity index is 1.29. The molecule has 1 aliphatic carbocycles. The molecule has 1 atom stereocenters. The van der Waals surface area contributed by atoms with Crippen LogP contribution in [0.5, 0.6) is 0 Å². The van der Waals surface area contributed by atoms with Crippen LogP contribution in [0.3, 0.4) is 0 Å². The van der Waals surface area contributed by atoms with Gasteiger partial charge in [-0.05, 0) is 51.7 Å². The lowest BCUT2D eigenvalue weighted by Gasteiger charge is -2.26. The van der Waals surface area contributed by atoms with Crippen LogP contribution < -0.4 is 10.6 Å². The lowest BCUT2D eigenvalue weighted by molar-refractivity contribution is -0.119. The molecule has 1 aliphatic heterocycles. The molecule has 0 radical (unpaired) electrons. The van der Waals surface area contributed by atoms with Gasteiger partial charge in [0.25, 0.3) is 0 Å². The molecule has 30 heavy (non-hydrogen) atoms. The number of nitrogens with zero attached hydrogens (tertiary/aromatic N) is 3. The van der Waals surface area contributed by atoms with E-state index in [4.69, 9.17) is 0 Å². The number of fused-ring (bicyclic) bond motifs is 2. The topological polar surface area (TPSA) is 87.2 Å². The van der Waals surface area contributed by atoms with Crippen molar-refractivity contribution in [3.63, 3.8) is 0 Å². The monoisotopic (exact) mass is 483 g/mol. The molecular weight excluding hydrogens is 466 g/mol. The second kappa shape index (κ2) is 7.48. The molecule has 5 rings (SSSR count). The quantitative estimate of drug-likeness (QED) is 0.581. The first-order chi connectivity index (χ1) is 14.5. The second-order valence-electron chi connectivity index (χ2n) is 7.55. The zero-order valence-electron chi connectivity index (χ0n) is 16.1. The van der Waals surface area contributed by atoms with Gasteiger partial charge in [0.1, 0.15) is 0 Å². The Morgan fingerprint density at radius 3 is 3.03 bits per heavy atom. The number of nitrogens with one attached hydrogen (secondary N) is 2. The maximum atomic E-state index is 12.7. The Hall–Kier alpha value is -2.78. The van der Waals surface area contributed by atoms with E-state index in [9.17, 15) is 9.59 Å². The van der Waals surface area contributed by atoms with Gasteiger partial charge in [-0.25, -0.2) is 9.78 Å². The van der Waals surface area contributed by atoms with E-state index in [0.717, 1.165) is 38.2 Å². The van der Waals surface area contributed by atoms with Crippen LogP contribution in [-0.2, 0) is 24.2 Å². The summed E-state index contributed by atoms with van der Waals surface area (Å²) in [4.78, 5) is 35.2. The first-order valence-electron chi connectivity index (χ1n) is 9.51. The maximum Gasteiger partial charge on any atom is 0.321 e. The number of hydrogen-bond acceptors (Lipinski definition) is 5. The van der Waals surface area contributed by atoms with Gasteiger partial charge in [-0.15, -0.1) is 11.3 Å². The fourth-order valence-electron chi connectivity index (χ4n) is 3.84. The van der Waals surface area contributed by atoms with Gasteiger partial charge >= 0.3 is 6.03 Å². The number of benzene rings is 1. The fraction of sp³-hybridized carbons (Fsp3) is 0.238. The molecule has 2 aromatic heterocycles. The molecule has 9 heteroatoms. The van der Waals surface area contributed by atoms with Crippen molar-refractivity contribution < 1.29 is 9.59 Å². The van der Waals surface area contributed by atoms with Crippen molar-refractivity contribution in [2.45, 2.75) is 19.4 Å². The molecule has 3 heterocycles. The minimum atomic E-state index is -0.128. The lowest BCUT2D eigenvalue weighted by Crippen LogP contribution is -2.35. The molecule has 7 nitrogen and oxygen atoms in total. The Labute approximate surface area is 185 Å². The summed E-state index contributed by atoms with van der Waals surface area (Å²) < 4.78 is 0.933. The van der Waals surface area contributed by atoms with Crippen molar-refractivity contribution in [2.24, 2.45) is 5.92 Å². The predicted octanol–water partition coefficient (Wildman–Crippen LogP) is 4.30. The maximum absolute atomic E-state index is 12.7. The van der Waals surface area contributed by atoms with Gasteiger partial charge in [-0.2, -0.15) is 0 Å². The molecular formula is C21H18BrN5O2S. The molecule has 3 aromatic rings. The van der Waals surface area contributed by atoms with Gasteiger partial charge in [0.15, 0.2) is 5.13 Å². The molecule has 152 valence electrons. The van der Waals surface area contributed by atoms with Crippen LogP contribution in [0.25, 0.3) is 11.3 Å².